The molecule has 116 valence electrons. The predicted molar refractivity (Wildman–Crippen MR) is 86.0 cm³/mol. The lowest BCUT2D eigenvalue weighted by molar-refractivity contribution is -0.384. The predicted octanol–water partition coefficient (Wildman–Crippen LogP) is 3.54. The quantitative estimate of drug-likeness (QED) is 0.627. The van der Waals surface area contributed by atoms with Crippen molar-refractivity contribution in [1.29, 1.82) is 0 Å². The van der Waals surface area contributed by atoms with Crippen LogP contribution in [-0.2, 0) is 11.3 Å². The Bertz CT molecular complexity index is 732. The van der Waals surface area contributed by atoms with Crippen molar-refractivity contribution in [2.75, 3.05) is 5.32 Å². The first-order chi connectivity index (χ1) is 10.4. The van der Waals surface area contributed by atoms with Crippen LogP contribution in [0.2, 0.25) is 5.02 Å². The van der Waals surface area contributed by atoms with Crippen LogP contribution in [-0.4, -0.2) is 20.6 Å². The number of hydrogen-bond donors (Lipinski definition) is 1. The molecule has 7 nitrogen and oxygen atoms in total. The summed E-state index contributed by atoms with van der Waals surface area (Å²) in [6.45, 7) is 2.28. The van der Waals surface area contributed by atoms with E-state index in [1.165, 1.54) is 18.2 Å². The average Bonchev–Trinajstić information content (AvgIpc) is 2.78. The Morgan fingerprint density at radius 2 is 2.27 bits per heavy atom. The molecule has 0 bridgehead atoms. The first-order valence-electron chi connectivity index (χ1n) is 6.30. The molecule has 0 spiro atoms. The Hall–Kier alpha value is -1.93. The molecular formula is C13H12BrClN4O3. The molecule has 1 amide bonds. The molecule has 2 rings (SSSR count). The Kier molecular flexibility index (Phi) is 5.15. The standard InChI is InChI=1S/C13H12BrClN4O3/c1-8-10(14)7-16-18(8)5-4-13(20)17-12-6-9(19(21)22)2-3-11(12)15/h2-3,6-7H,4-5H2,1H3,(H,17,20). The van der Waals surface area contributed by atoms with Crippen LogP contribution in [0.1, 0.15) is 12.1 Å². The molecule has 0 aliphatic heterocycles. The van der Waals surface area contributed by atoms with Gasteiger partial charge in [-0.25, -0.2) is 0 Å². The molecule has 0 aliphatic rings. The van der Waals surface area contributed by atoms with E-state index >= 15 is 0 Å². The second kappa shape index (κ2) is 6.89. The molecule has 9 heteroatoms. The SMILES string of the molecule is Cc1c(Br)cnn1CCC(=O)Nc1cc([N+](=O)[O-])ccc1Cl. The van der Waals surface area contributed by atoms with Crippen LogP contribution < -0.4 is 5.32 Å². The number of rotatable bonds is 5. The third-order valence-corrected chi connectivity index (χ3v) is 4.14. The van der Waals surface area contributed by atoms with Crippen LogP contribution in [0.3, 0.4) is 0 Å². The molecule has 0 saturated heterocycles. The lowest BCUT2D eigenvalue weighted by Gasteiger charge is -2.08. The van der Waals surface area contributed by atoms with Gasteiger partial charge in [-0.1, -0.05) is 11.6 Å². The highest BCUT2D eigenvalue weighted by molar-refractivity contribution is 9.10. The third kappa shape index (κ3) is 3.83. The van der Waals surface area contributed by atoms with E-state index in [9.17, 15) is 14.9 Å². The molecule has 2 aromatic rings. The zero-order chi connectivity index (χ0) is 16.3. The van der Waals surface area contributed by atoms with E-state index in [0.29, 0.717) is 6.54 Å². The summed E-state index contributed by atoms with van der Waals surface area (Å²) < 4.78 is 2.56. The first kappa shape index (κ1) is 16.4. The fourth-order valence-corrected chi connectivity index (χ4v) is 2.25. The molecule has 0 atom stereocenters. The van der Waals surface area contributed by atoms with Crippen molar-refractivity contribution in [3.63, 3.8) is 0 Å². The minimum Gasteiger partial charge on any atom is -0.325 e. The van der Waals surface area contributed by atoms with Crippen molar-refractivity contribution in [1.82, 2.24) is 9.78 Å². The summed E-state index contributed by atoms with van der Waals surface area (Å²) in [5.74, 6) is -0.298. The summed E-state index contributed by atoms with van der Waals surface area (Å²) in [6, 6.07) is 3.89. The highest BCUT2D eigenvalue weighted by Crippen LogP contribution is 2.26. The van der Waals surface area contributed by atoms with E-state index in [0.717, 1.165) is 10.2 Å². The van der Waals surface area contributed by atoms with Crippen molar-refractivity contribution < 1.29 is 9.72 Å². The number of non-ortho nitro benzene ring substituents is 1. The van der Waals surface area contributed by atoms with Gasteiger partial charge in [0.25, 0.3) is 5.69 Å². The largest absolute Gasteiger partial charge is 0.325 e. The third-order valence-electron chi connectivity index (χ3n) is 3.03. The summed E-state index contributed by atoms with van der Waals surface area (Å²) in [4.78, 5) is 22.1. The van der Waals surface area contributed by atoms with Gasteiger partial charge in [0, 0.05) is 24.2 Å². The zero-order valence-corrected chi connectivity index (χ0v) is 13.9. The Morgan fingerprint density at radius 3 is 2.86 bits per heavy atom. The van der Waals surface area contributed by atoms with Gasteiger partial charge in [0.1, 0.15) is 0 Å². The molecule has 0 aliphatic carbocycles. The highest BCUT2D eigenvalue weighted by Gasteiger charge is 2.13. The maximum absolute atomic E-state index is 11.9. The lowest BCUT2D eigenvalue weighted by Crippen LogP contribution is -2.16. The maximum Gasteiger partial charge on any atom is 0.271 e. The molecule has 0 radical (unpaired) electrons. The average molecular weight is 388 g/mol. The normalized spacial score (nSPS) is 10.5. The van der Waals surface area contributed by atoms with Gasteiger partial charge in [0.05, 0.1) is 32.8 Å². The molecule has 1 heterocycles. The molecule has 1 aromatic carbocycles. The van der Waals surface area contributed by atoms with Crippen molar-refractivity contribution >= 4 is 44.8 Å². The van der Waals surface area contributed by atoms with Crippen molar-refractivity contribution in [2.45, 2.75) is 19.9 Å². The fourth-order valence-electron chi connectivity index (χ4n) is 1.79. The van der Waals surface area contributed by atoms with Crippen LogP contribution in [0, 0.1) is 17.0 Å². The summed E-state index contributed by atoms with van der Waals surface area (Å²) >= 11 is 9.27. The Labute approximate surface area is 139 Å². The number of amides is 1. The van der Waals surface area contributed by atoms with Gasteiger partial charge in [-0.05, 0) is 28.9 Å². The van der Waals surface area contributed by atoms with E-state index in [2.05, 4.69) is 26.3 Å². The molecule has 0 fully saturated rings. The maximum atomic E-state index is 11.9. The van der Waals surface area contributed by atoms with Crippen molar-refractivity contribution in [2.24, 2.45) is 0 Å². The number of aryl methyl sites for hydroxylation is 1. The van der Waals surface area contributed by atoms with Gasteiger partial charge in [-0.3, -0.25) is 19.6 Å². The number of aromatic nitrogens is 2. The highest BCUT2D eigenvalue weighted by atomic mass is 79.9. The zero-order valence-electron chi connectivity index (χ0n) is 11.5. The van der Waals surface area contributed by atoms with E-state index < -0.39 is 4.92 Å². The van der Waals surface area contributed by atoms with Crippen LogP contribution in [0.4, 0.5) is 11.4 Å². The topological polar surface area (TPSA) is 90.1 Å². The van der Waals surface area contributed by atoms with Crippen LogP contribution in [0.15, 0.2) is 28.9 Å². The minimum absolute atomic E-state index is 0.133. The second-order valence-electron chi connectivity index (χ2n) is 4.52. The summed E-state index contributed by atoms with van der Waals surface area (Å²) in [5.41, 5.74) is 1.01. The monoisotopic (exact) mass is 386 g/mol. The number of nitrogens with zero attached hydrogens (tertiary/aromatic N) is 3. The smallest absolute Gasteiger partial charge is 0.271 e. The number of hydrogen-bond acceptors (Lipinski definition) is 4. The van der Waals surface area contributed by atoms with E-state index in [1.807, 2.05) is 6.92 Å². The van der Waals surface area contributed by atoms with Gasteiger partial charge in [0.2, 0.25) is 5.91 Å². The summed E-state index contributed by atoms with van der Waals surface area (Å²) in [7, 11) is 0. The number of benzene rings is 1. The second-order valence-corrected chi connectivity index (χ2v) is 5.78. The number of nitrogens with one attached hydrogen (secondary N) is 1. The number of nitro benzene ring substituents is 1. The van der Waals surface area contributed by atoms with E-state index in [-0.39, 0.29) is 28.7 Å². The first-order valence-corrected chi connectivity index (χ1v) is 7.47. The molecular weight excluding hydrogens is 376 g/mol. The Morgan fingerprint density at radius 1 is 1.55 bits per heavy atom. The number of anilines is 1. The molecule has 22 heavy (non-hydrogen) atoms. The molecule has 0 saturated carbocycles. The molecule has 0 unspecified atom stereocenters. The van der Waals surface area contributed by atoms with Crippen LogP contribution in [0.5, 0.6) is 0 Å². The van der Waals surface area contributed by atoms with Gasteiger partial charge in [0.15, 0.2) is 0 Å². The fraction of sp³-hybridized carbons (Fsp3) is 0.231. The van der Waals surface area contributed by atoms with Crippen molar-refractivity contribution in [3.05, 3.63) is 49.7 Å². The van der Waals surface area contributed by atoms with E-state index in [1.54, 1.807) is 10.9 Å². The lowest BCUT2D eigenvalue weighted by atomic mass is 10.2. The number of halogens is 2. The summed E-state index contributed by atoms with van der Waals surface area (Å²) in [6.07, 6.45) is 1.83. The van der Waals surface area contributed by atoms with Crippen molar-refractivity contribution in [3.8, 4) is 0 Å². The van der Waals surface area contributed by atoms with Crippen LogP contribution >= 0.6 is 27.5 Å². The van der Waals surface area contributed by atoms with E-state index in [4.69, 9.17) is 11.6 Å². The number of nitro groups is 1. The molecule has 1 aromatic heterocycles. The van der Waals surface area contributed by atoms with Crippen LogP contribution in [0.25, 0.3) is 0 Å². The van der Waals surface area contributed by atoms with Gasteiger partial charge < -0.3 is 5.32 Å². The van der Waals surface area contributed by atoms with Gasteiger partial charge >= 0.3 is 0 Å². The number of carbonyl (C=O) groups is 1. The van der Waals surface area contributed by atoms with Gasteiger partial charge in [-0.15, -0.1) is 0 Å². The number of carbonyl (C=O) groups excluding carboxylic acids is 1. The summed E-state index contributed by atoms with van der Waals surface area (Å²) in [5, 5.41) is 17.7. The molecule has 1 N–H and O–H groups in total. The van der Waals surface area contributed by atoms with Gasteiger partial charge in [-0.2, -0.15) is 5.10 Å². The minimum atomic E-state index is -0.545. The Balaban J connectivity index is 2.01.